The molecular weight excluding hydrogens is 1750 g/mol. The molecule has 0 bridgehead atoms. The minimum Gasteiger partial charge on any atom is -0.385 e. The summed E-state index contributed by atoms with van der Waals surface area (Å²) in [7, 11) is -45.8. The van der Waals surface area contributed by atoms with E-state index < -0.39 is 253 Å². The lowest BCUT2D eigenvalue weighted by Gasteiger charge is -2.23. The predicted octanol–water partition coefficient (Wildman–Crippen LogP) is -10.0. The number of H-pyrrole nitrogens is 4. The lowest BCUT2D eigenvalue weighted by atomic mass is 10.1. The van der Waals surface area contributed by atoms with Crippen molar-refractivity contribution in [3.05, 3.63) is 130 Å². The molecule has 4 aromatic heterocycles. The van der Waals surface area contributed by atoms with E-state index >= 15 is 8.78 Å². The molecule has 112 heavy (non-hydrogen) atoms. The van der Waals surface area contributed by atoms with Gasteiger partial charge in [-0.3, -0.25) is 94.7 Å². The minimum absolute atomic E-state index is 0.0287. The normalized spacial score (nSPS) is 32.5. The van der Waals surface area contributed by atoms with Gasteiger partial charge in [0.15, 0.2) is 50.0 Å². The number of alkyl halides is 4. The van der Waals surface area contributed by atoms with Crippen LogP contribution in [0.15, 0.2) is 63.1 Å². The van der Waals surface area contributed by atoms with Crippen molar-refractivity contribution in [2.75, 3.05) is 26.3 Å². The number of nitrogens with one attached hydrogen (secondary N) is 4. The second-order valence-electron chi connectivity index (χ2n) is 20.9. The summed E-state index contributed by atoms with van der Waals surface area (Å²) in [6.45, 7) is -12.1. The van der Waals surface area contributed by atoms with Gasteiger partial charge < -0.3 is 119 Å². The number of phosphoric acid groups is 8. The van der Waals surface area contributed by atoms with Crippen LogP contribution < -0.4 is 45.0 Å². The van der Waals surface area contributed by atoms with Crippen molar-refractivity contribution in [1.82, 2.24) is 38.2 Å². The molecule has 24 N–H and O–H groups in total. The monoisotopic (exact) mass is 1810 g/mol. The summed E-state index contributed by atoms with van der Waals surface area (Å²) in [5, 5.41) is 79.4. The van der Waals surface area contributed by atoms with Crippen molar-refractivity contribution in [3.8, 4) is 0 Å². The fourth-order valence-corrected chi connectivity index (χ4v) is 14.3. The molecule has 0 aromatic carbocycles. The molecule has 4 saturated heterocycles. The van der Waals surface area contributed by atoms with Crippen molar-refractivity contribution in [3.63, 3.8) is 0 Å². The summed E-state index contributed by atoms with van der Waals surface area (Å²) in [5.41, 5.74) is -13.2. The van der Waals surface area contributed by atoms with E-state index in [-0.39, 0.29) is 38.8 Å². The van der Waals surface area contributed by atoms with Crippen LogP contribution in [-0.2, 0) is 90.8 Å². The minimum atomic E-state index is -6.09. The highest BCUT2D eigenvalue weighted by Crippen LogP contribution is 2.62. The third-order valence-electron chi connectivity index (χ3n) is 12.9. The molecule has 4 fully saturated rings. The van der Waals surface area contributed by atoms with E-state index in [2.05, 4.69) is 54.3 Å². The highest BCUT2D eigenvalue weighted by atomic mass is 31.3. The van der Waals surface area contributed by atoms with E-state index in [1.807, 2.05) is 0 Å². The van der Waals surface area contributed by atoms with Crippen molar-refractivity contribution in [2.24, 2.45) is 0 Å². The van der Waals surface area contributed by atoms with E-state index in [0.29, 0.717) is 29.4 Å². The van der Waals surface area contributed by atoms with E-state index in [4.69, 9.17) is 57.2 Å². The molecule has 20 atom stereocenters. The molecule has 4 aromatic rings. The molecule has 60 nitrogen and oxygen atoms in total. The summed E-state index contributed by atoms with van der Waals surface area (Å²) in [6, 6.07) is 0. The van der Waals surface area contributed by atoms with E-state index in [1.165, 1.54) is 4.98 Å². The number of rotatable bonds is 28. The van der Waals surface area contributed by atoms with Crippen LogP contribution in [0.5, 0.6) is 0 Å². The molecule has 0 spiro atoms. The fraction of sp³-hybridized carbons (Fsp3) is 0.500. The Morgan fingerprint density at radius 2 is 0.589 bits per heavy atom. The Morgan fingerprint density at radius 1 is 0.375 bits per heavy atom. The number of aliphatic hydroxyl groups is 8. The van der Waals surface area contributed by atoms with E-state index in [0.717, 1.165) is 0 Å². The molecule has 0 saturated carbocycles. The van der Waals surface area contributed by atoms with Gasteiger partial charge in [-0.15, -0.1) is 0 Å². The van der Waals surface area contributed by atoms with Gasteiger partial charge in [-0.1, -0.05) is 0 Å². The third-order valence-corrected chi connectivity index (χ3v) is 21.1. The summed E-state index contributed by atoms with van der Waals surface area (Å²) in [4.78, 5) is 247. The van der Waals surface area contributed by atoms with Gasteiger partial charge >= 0.3 is 85.3 Å². The third kappa shape index (κ3) is 24.9. The van der Waals surface area contributed by atoms with E-state index in [1.54, 1.807) is 15.0 Å². The van der Waals surface area contributed by atoms with Crippen molar-refractivity contribution < 1.29 is 235 Å². The van der Waals surface area contributed by atoms with E-state index in [9.17, 15) is 153 Å². The molecular formula is C40H52F4N8O52P8. The fourth-order valence-electron chi connectivity index (χ4n) is 8.16. The number of halogens is 4. The van der Waals surface area contributed by atoms with Gasteiger partial charge in [0.25, 0.3) is 45.7 Å². The average Bonchev–Trinajstić information content (AvgIpc) is 1.57. The molecule has 4 aliphatic rings. The topological polar surface area (TPSA) is 940 Å². The number of aromatic amines is 4. The van der Waals surface area contributed by atoms with Gasteiger partial charge in [0.2, 0.25) is 0 Å². The predicted molar refractivity (Wildman–Crippen MR) is 326 cm³/mol. The molecule has 8 heterocycles. The maximum absolute atomic E-state index is 15.3. The molecule has 72 heteroatoms. The lowest BCUT2D eigenvalue weighted by Crippen LogP contribution is -2.43. The summed E-state index contributed by atoms with van der Waals surface area (Å²) >= 11 is 0. The van der Waals surface area contributed by atoms with Crippen LogP contribution >= 0.6 is 62.6 Å². The van der Waals surface area contributed by atoms with Crippen LogP contribution in [0.25, 0.3) is 0 Å². The number of phosphoric ester groups is 4. The molecule has 4 aliphatic heterocycles. The van der Waals surface area contributed by atoms with Crippen LogP contribution in [0.3, 0.4) is 0 Å². The summed E-state index contributed by atoms with van der Waals surface area (Å²) in [6.07, 6.45) is -30.7. The van der Waals surface area contributed by atoms with Gasteiger partial charge in [-0.05, 0) is 0 Å². The molecule has 4 unspecified atom stereocenters. The first-order valence-corrected chi connectivity index (χ1v) is 39.4. The Bertz CT molecular complexity index is 5470. The number of carbonyl (C=O) groups excluding carboxylic acids is 4. The number of hydrogen-bond donors (Lipinski definition) is 24. The first-order chi connectivity index (χ1) is 53.0. The largest absolute Gasteiger partial charge is 0.481 e. The number of nitrogens with zero attached hydrogens (tertiary/aromatic N) is 4. The number of hydrogen-bond acceptors (Lipinski definition) is 40. The van der Waals surface area contributed by atoms with Gasteiger partial charge in [-0.2, -0.15) is 17.2 Å². The summed E-state index contributed by atoms with van der Waals surface area (Å²) < 4.78 is 241. The van der Waals surface area contributed by atoms with Gasteiger partial charge in [0.05, 0.1) is 30.5 Å². The Hall–Kier alpha value is -6.32. The Balaban J connectivity index is 0.000000280. The second-order valence-corrected chi connectivity index (χ2v) is 32.1. The van der Waals surface area contributed by atoms with Crippen molar-refractivity contribution >= 4 is 87.7 Å². The number of aliphatic hydroxyl groups excluding tert-OH is 8. The van der Waals surface area contributed by atoms with Crippen LogP contribution in [0.2, 0.25) is 0 Å². The lowest BCUT2D eigenvalue weighted by molar-refractivity contribution is -0.205. The zero-order valence-corrected chi connectivity index (χ0v) is 59.8. The summed E-state index contributed by atoms with van der Waals surface area (Å²) in [5.74, 6) is -15.8. The number of aromatic nitrogens is 8. The van der Waals surface area contributed by atoms with Gasteiger partial charge in [0.1, 0.15) is 75.2 Å². The van der Waals surface area contributed by atoms with Crippen LogP contribution in [0, 0.1) is 0 Å². The number of carbonyl (C=O) groups is 4. The molecule has 8 rings (SSSR count). The SMILES string of the molecule is O=Cc1cn([C@@H]2O[C@](F)(COP(=O)(O)OP(=O)(O)O)[C@@H](O)[C@H]2O)c(=O)[nH]c1=O.[2H]C([2H])(OP(=O)(O)OP(=O)(O)O)[C@@]1(F)O[C@@H](n2cc(C=O)c(=O)[nH]c2=O)[C@H](O)[C@@H]1O.[2H]C([2H])(OP(=O)(O)OP(=O)(O)O)[C@@]1(F)O[C@@]([2H])(n2cc(C=O)c(=O)[nH]c2=O)[C@H](O)[C@@H]1O.[2H][C@@]1(n2cc(C=O)c(=O)[nH]c2=O)O[C@](F)(COP(=O)(O)OP(=O)(O)O)[C@@H](O)[C@H]1O. The first kappa shape index (κ1) is 86.5. The molecule has 0 radical (unpaired) electrons. The molecule has 0 aliphatic carbocycles. The van der Waals surface area contributed by atoms with Gasteiger partial charge in [-0.25, -0.2) is 73.3 Å². The Morgan fingerprint density at radius 3 is 0.875 bits per heavy atom. The smallest absolute Gasteiger partial charge is 0.385 e. The zero-order chi connectivity index (χ0) is 91.4. The first-order valence-electron chi connectivity index (χ1n) is 30.3. The molecule has 632 valence electrons. The van der Waals surface area contributed by atoms with Crippen LogP contribution in [0.4, 0.5) is 17.6 Å². The van der Waals surface area contributed by atoms with Crippen LogP contribution in [-0.4, -0.2) is 262 Å². The Labute approximate surface area is 614 Å². The quantitative estimate of drug-likeness (QED) is 0.0143. The highest BCUT2D eigenvalue weighted by Gasteiger charge is 2.62. The maximum atomic E-state index is 15.3. The van der Waals surface area contributed by atoms with Gasteiger partial charge in [0, 0.05) is 24.8 Å². The second kappa shape index (κ2) is 35.6. The number of ether oxygens (including phenoxy) is 4. The van der Waals surface area contributed by atoms with Crippen molar-refractivity contribution in [1.29, 1.82) is 0 Å². The average molecular weight is 1810 g/mol. The molecule has 0 amide bonds. The highest BCUT2D eigenvalue weighted by molar-refractivity contribution is 7.62. The zero-order valence-electron chi connectivity index (χ0n) is 58.7. The Kier molecular flexibility index (Phi) is 27.5. The van der Waals surface area contributed by atoms with Crippen molar-refractivity contribution in [2.45, 2.75) is 97.1 Å². The number of aldehydes is 4. The standard InChI is InChI=1S/4C10H13FN2O13P2/c4*11-10(3-24-28(22,23)26-27(19,20)21)6(16)5(15)8(25-10)13-1-4(2-14)7(17)12-9(13)18/h4*1-2,5-6,8,15-16H,3H2,(H,22,23)(H,12,17,18)(H2,19,20,21)/t4*5-,6+,8-,10-/m1111/s1/i3D2,8D;8D;3D2;. The van der Waals surface area contributed by atoms with Crippen LogP contribution in [0.1, 0.15) is 74.5 Å². The maximum Gasteiger partial charge on any atom is 0.481 e.